The van der Waals surface area contributed by atoms with Gasteiger partial charge in [-0.2, -0.15) is 13.2 Å². The van der Waals surface area contributed by atoms with E-state index in [-0.39, 0.29) is 16.8 Å². The highest BCUT2D eigenvalue weighted by atomic mass is 19.4. The van der Waals surface area contributed by atoms with E-state index >= 15 is 0 Å². The molecule has 17 heavy (non-hydrogen) atoms. The van der Waals surface area contributed by atoms with Crippen LogP contribution < -0.4 is 0 Å². The van der Waals surface area contributed by atoms with Gasteiger partial charge in [0.05, 0.1) is 11.3 Å². The van der Waals surface area contributed by atoms with Crippen molar-refractivity contribution in [3.63, 3.8) is 0 Å². The van der Waals surface area contributed by atoms with Gasteiger partial charge < -0.3 is 0 Å². The first-order valence-corrected chi connectivity index (χ1v) is 4.83. The highest BCUT2D eigenvalue weighted by molar-refractivity contribution is 5.64. The van der Waals surface area contributed by atoms with Crippen molar-refractivity contribution < 1.29 is 17.3 Å². The molecule has 88 valence electrons. The third-order valence-electron chi connectivity index (χ3n) is 2.27. The molecule has 1 nitrogen and oxygen atoms in total. The number of hydrogen-bond donors (Lipinski definition) is 0. The lowest BCUT2D eigenvalue weighted by Crippen LogP contribution is -2.07. The summed E-state index contributed by atoms with van der Waals surface area (Å²) in [6, 6.07) is 7.59. The van der Waals surface area contributed by atoms with Gasteiger partial charge in [0.1, 0.15) is 0 Å². The van der Waals surface area contributed by atoms with Crippen molar-refractivity contribution in [2.24, 2.45) is 0 Å². The van der Waals surface area contributed by atoms with Crippen molar-refractivity contribution in [2.45, 2.75) is 13.0 Å². The van der Waals surface area contributed by atoms with Gasteiger partial charge in [0.2, 0.25) is 0 Å². The fourth-order valence-corrected chi connectivity index (χ4v) is 1.51. The molecule has 0 aliphatic heterocycles. The van der Waals surface area contributed by atoms with E-state index in [9.17, 15) is 13.2 Å². The molecule has 1 heterocycles. The average molecular weight is 240 g/mol. The number of alkyl halides is 3. The maximum Gasteiger partial charge on any atom is 0.417 e. The largest absolute Gasteiger partial charge is 0.417 e. The molecule has 1 aromatic heterocycles. The second kappa shape index (κ2) is 4.20. The Balaban J connectivity index is 2.48. The molecular weight excluding hydrogens is 227 g/mol. The van der Waals surface area contributed by atoms with E-state index in [1.807, 2.05) is 0 Å². The number of benzene rings is 1. The van der Waals surface area contributed by atoms with Crippen molar-refractivity contribution in [3.8, 4) is 11.3 Å². The predicted octanol–water partition coefficient (Wildman–Crippen LogP) is 4.08. The average Bonchev–Trinajstić information content (AvgIpc) is 2.37. The lowest BCUT2D eigenvalue weighted by molar-refractivity contribution is -0.137. The molecule has 0 N–H and O–H groups in total. The van der Waals surface area contributed by atoms with E-state index in [0.29, 0.717) is 0 Å². The number of rotatable bonds is 1. The van der Waals surface area contributed by atoms with E-state index in [1.165, 1.54) is 30.3 Å². The molecule has 0 amide bonds. The molecule has 0 aliphatic rings. The summed E-state index contributed by atoms with van der Waals surface area (Å²) >= 11 is 0. The minimum Gasteiger partial charge on any atom is -0.256 e. The summed E-state index contributed by atoms with van der Waals surface area (Å²) in [6.07, 6.45) is -3.41. The van der Waals surface area contributed by atoms with Gasteiger partial charge in [-0.25, -0.2) is 0 Å². The summed E-state index contributed by atoms with van der Waals surface area (Å²) < 4.78 is 60.3. The lowest BCUT2D eigenvalue weighted by Gasteiger charge is -2.12. The summed E-state index contributed by atoms with van der Waals surface area (Å²) in [5, 5.41) is 0. The summed E-state index contributed by atoms with van der Waals surface area (Å²) in [4.78, 5) is 3.83. The van der Waals surface area contributed by atoms with Gasteiger partial charge in [0, 0.05) is 15.9 Å². The Morgan fingerprint density at radius 1 is 1.12 bits per heavy atom. The van der Waals surface area contributed by atoms with Crippen molar-refractivity contribution in [1.82, 2.24) is 4.98 Å². The van der Waals surface area contributed by atoms with Crippen molar-refractivity contribution in [1.29, 1.82) is 0 Å². The second-order valence-electron chi connectivity index (χ2n) is 3.48. The Hall–Kier alpha value is -1.84. The van der Waals surface area contributed by atoms with E-state index in [1.54, 1.807) is 0 Å². The topological polar surface area (TPSA) is 12.9 Å². The molecule has 0 radical (unpaired) electrons. The fourth-order valence-electron chi connectivity index (χ4n) is 1.51. The highest BCUT2D eigenvalue weighted by Crippen LogP contribution is 2.36. The van der Waals surface area contributed by atoms with E-state index < -0.39 is 18.6 Å². The van der Waals surface area contributed by atoms with Crippen LogP contribution in [0.5, 0.6) is 0 Å². The molecule has 4 heteroatoms. The maximum atomic E-state index is 12.9. The fraction of sp³-hybridized carbons (Fsp3) is 0.154. The van der Waals surface area contributed by atoms with Crippen LogP contribution in [0.3, 0.4) is 0 Å². The molecule has 0 fully saturated rings. The van der Waals surface area contributed by atoms with Crippen LogP contribution in [0.2, 0.25) is 0 Å². The highest BCUT2D eigenvalue weighted by Gasteiger charge is 2.33. The molecular formula is C13H10F3N. The van der Waals surface area contributed by atoms with Crippen LogP contribution in [0.15, 0.2) is 42.6 Å². The van der Waals surface area contributed by atoms with Crippen molar-refractivity contribution in [3.05, 3.63) is 53.7 Å². The monoisotopic (exact) mass is 240 g/mol. The zero-order chi connectivity index (χ0) is 15.0. The quantitative estimate of drug-likeness (QED) is 0.732. The first-order chi connectivity index (χ1) is 9.19. The molecule has 0 bridgehead atoms. The normalized spacial score (nSPS) is 14.9. The smallest absolute Gasteiger partial charge is 0.256 e. The van der Waals surface area contributed by atoms with Gasteiger partial charge in [-0.15, -0.1) is 0 Å². The van der Waals surface area contributed by atoms with Gasteiger partial charge in [-0.05, 0) is 24.5 Å². The number of halogens is 3. The number of hydrogen-bond acceptors (Lipinski definition) is 1. The minimum atomic E-state index is -4.49. The summed E-state index contributed by atoms with van der Waals surface area (Å²) in [7, 11) is 0. The van der Waals surface area contributed by atoms with Crippen LogP contribution in [0, 0.1) is 6.85 Å². The summed E-state index contributed by atoms with van der Waals surface area (Å²) in [5.41, 5.74) is -0.789. The van der Waals surface area contributed by atoms with Crippen LogP contribution in [-0.2, 0) is 6.18 Å². The number of aryl methyl sites for hydroxylation is 1. The molecule has 0 aliphatic carbocycles. The zero-order valence-corrected chi connectivity index (χ0v) is 8.62. The molecule has 2 aromatic rings. The Morgan fingerprint density at radius 3 is 2.47 bits per heavy atom. The summed E-state index contributed by atoms with van der Waals surface area (Å²) in [6.45, 7) is -2.32. The maximum absolute atomic E-state index is 12.9. The Bertz CT molecular complexity index is 603. The van der Waals surface area contributed by atoms with E-state index in [4.69, 9.17) is 4.11 Å². The Kier molecular flexibility index (Phi) is 2.05. The SMILES string of the molecule is [2H]C([2H])([2H])c1ccc(-c2ccccc2C(F)(F)F)nc1. The van der Waals surface area contributed by atoms with Crippen LogP contribution in [-0.4, -0.2) is 4.98 Å². The summed E-state index contributed by atoms with van der Waals surface area (Å²) in [5.74, 6) is 0. The molecule has 1 aromatic carbocycles. The van der Waals surface area contributed by atoms with Gasteiger partial charge in [-0.3, -0.25) is 4.98 Å². The van der Waals surface area contributed by atoms with Crippen LogP contribution in [0.25, 0.3) is 11.3 Å². The number of nitrogens with zero attached hydrogens (tertiary/aromatic N) is 1. The number of pyridine rings is 1. The molecule has 0 saturated heterocycles. The second-order valence-corrected chi connectivity index (χ2v) is 3.48. The first-order valence-electron chi connectivity index (χ1n) is 6.33. The molecule has 0 saturated carbocycles. The Labute approximate surface area is 101 Å². The molecule has 0 atom stereocenters. The van der Waals surface area contributed by atoms with Crippen LogP contribution in [0.4, 0.5) is 13.2 Å². The van der Waals surface area contributed by atoms with Gasteiger partial charge >= 0.3 is 6.18 Å². The molecule has 0 unspecified atom stereocenters. The lowest BCUT2D eigenvalue weighted by atomic mass is 10.0. The number of aromatic nitrogens is 1. The van der Waals surface area contributed by atoms with Gasteiger partial charge in [0.15, 0.2) is 0 Å². The first kappa shape index (κ1) is 8.28. The van der Waals surface area contributed by atoms with E-state index in [2.05, 4.69) is 4.98 Å². The van der Waals surface area contributed by atoms with Gasteiger partial charge in [-0.1, -0.05) is 24.3 Å². The molecule has 2 rings (SSSR count). The third-order valence-corrected chi connectivity index (χ3v) is 2.27. The minimum absolute atomic E-state index is 0.00857. The zero-order valence-electron chi connectivity index (χ0n) is 11.6. The van der Waals surface area contributed by atoms with Crippen molar-refractivity contribution >= 4 is 0 Å². The van der Waals surface area contributed by atoms with Crippen LogP contribution in [0.1, 0.15) is 15.2 Å². The molecule has 0 spiro atoms. The predicted molar refractivity (Wildman–Crippen MR) is 59.4 cm³/mol. The van der Waals surface area contributed by atoms with Crippen LogP contribution >= 0.6 is 0 Å². The van der Waals surface area contributed by atoms with Crippen molar-refractivity contribution in [2.75, 3.05) is 0 Å². The standard InChI is InChI=1S/C13H10F3N/c1-9-6-7-12(17-8-9)10-4-2-3-5-11(10)13(14,15)16/h2-8H,1H3/i1D3. The third kappa shape index (κ3) is 2.46. The Morgan fingerprint density at radius 2 is 1.88 bits per heavy atom. The van der Waals surface area contributed by atoms with Gasteiger partial charge in [0.25, 0.3) is 0 Å². The van der Waals surface area contributed by atoms with E-state index in [0.717, 1.165) is 12.3 Å².